The summed E-state index contributed by atoms with van der Waals surface area (Å²) < 4.78 is 20.3. The van der Waals surface area contributed by atoms with Crippen LogP contribution in [-0.4, -0.2) is 46.6 Å². The number of nitrogens with zero attached hydrogens (tertiary/aromatic N) is 1. The van der Waals surface area contributed by atoms with Crippen LogP contribution in [0.2, 0.25) is 5.02 Å². The molecule has 2 rings (SSSR count). The molecule has 0 spiro atoms. The van der Waals surface area contributed by atoms with Gasteiger partial charge in [0.25, 0.3) is 0 Å². The van der Waals surface area contributed by atoms with E-state index in [1.54, 1.807) is 12.1 Å². The van der Waals surface area contributed by atoms with Gasteiger partial charge in [-0.05, 0) is 24.6 Å². The van der Waals surface area contributed by atoms with Gasteiger partial charge in [-0.3, -0.25) is 0 Å². The average molecular weight is 356 g/mol. The van der Waals surface area contributed by atoms with Gasteiger partial charge in [-0.2, -0.15) is 0 Å². The Labute approximate surface area is 144 Å². The second-order valence-electron chi connectivity index (χ2n) is 4.99. The normalized spacial score (nSPS) is 14.5. The highest BCUT2D eigenvalue weighted by atomic mass is 35.5. The average Bonchev–Trinajstić information content (AvgIpc) is 2.61. The Morgan fingerprint density at radius 2 is 1.83 bits per heavy atom. The van der Waals surface area contributed by atoms with Crippen molar-refractivity contribution in [2.45, 2.75) is 6.92 Å². The van der Waals surface area contributed by atoms with E-state index in [0.717, 1.165) is 5.56 Å². The van der Waals surface area contributed by atoms with Crippen LogP contribution in [0.4, 0.5) is 5.69 Å². The molecule has 130 valence electrons. The number of benzene rings is 1. The molecule has 0 saturated carbocycles. The molecule has 0 radical (unpaired) electrons. The molecule has 1 aliphatic heterocycles. The number of carbonyl (C=O) groups excluding carboxylic acids is 2. The van der Waals surface area contributed by atoms with E-state index < -0.39 is 11.9 Å². The summed E-state index contributed by atoms with van der Waals surface area (Å²) in [5, 5.41) is 0.486. The molecule has 0 saturated heterocycles. The molecule has 0 bridgehead atoms. The summed E-state index contributed by atoms with van der Waals surface area (Å²) >= 11 is 6.20. The van der Waals surface area contributed by atoms with Crippen molar-refractivity contribution >= 4 is 29.2 Å². The number of hydrogen-bond acceptors (Lipinski definition) is 7. The van der Waals surface area contributed by atoms with Crippen LogP contribution < -0.4 is 9.64 Å². The number of anilines is 1. The minimum Gasteiger partial charge on any atom is -0.495 e. The first-order valence-corrected chi connectivity index (χ1v) is 7.41. The SMILES string of the molecule is COC(=O)C1=C(C(=O)OC)N(c2cc(Cl)c(C)cc2OC)COC1. The van der Waals surface area contributed by atoms with Gasteiger partial charge in [-0.15, -0.1) is 0 Å². The van der Waals surface area contributed by atoms with E-state index in [-0.39, 0.29) is 24.6 Å². The summed E-state index contributed by atoms with van der Waals surface area (Å²) in [4.78, 5) is 25.8. The summed E-state index contributed by atoms with van der Waals surface area (Å²) in [7, 11) is 3.96. The van der Waals surface area contributed by atoms with Gasteiger partial charge in [-0.1, -0.05) is 11.6 Å². The van der Waals surface area contributed by atoms with Gasteiger partial charge in [0, 0.05) is 5.02 Å². The van der Waals surface area contributed by atoms with Crippen molar-refractivity contribution in [3.8, 4) is 5.75 Å². The number of halogens is 1. The first-order valence-electron chi connectivity index (χ1n) is 7.03. The van der Waals surface area contributed by atoms with E-state index in [0.29, 0.717) is 16.5 Å². The van der Waals surface area contributed by atoms with Gasteiger partial charge in [0.05, 0.1) is 39.2 Å². The van der Waals surface area contributed by atoms with E-state index in [1.165, 1.54) is 26.2 Å². The quantitative estimate of drug-likeness (QED) is 0.765. The van der Waals surface area contributed by atoms with E-state index in [1.807, 2.05) is 6.92 Å². The third-order valence-corrected chi connectivity index (χ3v) is 3.99. The summed E-state index contributed by atoms with van der Waals surface area (Å²) in [5.74, 6) is -0.872. The second-order valence-corrected chi connectivity index (χ2v) is 5.40. The fourth-order valence-electron chi connectivity index (χ4n) is 2.35. The van der Waals surface area contributed by atoms with Crippen molar-refractivity contribution < 1.29 is 28.5 Å². The predicted octanol–water partition coefficient (Wildman–Crippen LogP) is 2.05. The molecule has 1 aromatic rings. The Morgan fingerprint density at radius 1 is 1.17 bits per heavy atom. The highest BCUT2D eigenvalue weighted by molar-refractivity contribution is 6.31. The summed E-state index contributed by atoms with van der Waals surface area (Å²) in [6, 6.07) is 3.38. The molecule has 0 fully saturated rings. The summed E-state index contributed by atoms with van der Waals surface area (Å²) in [6.07, 6.45) is 0. The van der Waals surface area contributed by atoms with Gasteiger partial charge >= 0.3 is 11.9 Å². The maximum absolute atomic E-state index is 12.3. The zero-order valence-corrected chi connectivity index (χ0v) is 14.6. The van der Waals surface area contributed by atoms with Crippen LogP contribution in [0.1, 0.15) is 5.56 Å². The highest BCUT2D eigenvalue weighted by Crippen LogP contribution is 2.37. The molecule has 1 aromatic carbocycles. The zero-order chi connectivity index (χ0) is 17.9. The molecular formula is C16H18ClNO6. The van der Waals surface area contributed by atoms with Gasteiger partial charge < -0.3 is 23.8 Å². The molecule has 0 atom stereocenters. The zero-order valence-electron chi connectivity index (χ0n) is 13.8. The molecule has 1 aliphatic rings. The number of rotatable bonds is 4. The minimum absolute atomic E-state index is 0.0284. The van der Waals surface area contributed by atoms with Crippen molar-refractivity contribution in [2.24, 2.45) is 0 Å². The summed E-state index contributed by atoms with van der Waals surface area (Å²) in [5.41, 5.74) is 1.39. The number of esters is 2. The van der Waals surface area contributed by atoms with E-state index in [9.17, 15) is 9.59 Å². The Hall–Kier alpha value is -2.25. The van der Waals surface area contributed by atoms with E-state index >= 15 is 0 Å². The van der Waals surface area contributed by atoms with Crippen LogP contribution in [-0.2, 0) is 23.8 Å². The molecule has 0 N–H and O–H groups in total. The topological polar surface area (TPSA) is 74.3 Å². The Kier molecular flexibility index (Phi) is 5.69. The third-order valence-electron chi connectivity index (χ3n) is 3.58. The monoisotopic (exact) mass is 355 g/mol. The lowest BCUT2D eigenvalue weighted by atomic mass is 10.1. The van der Waals surface area contributed by atoms with Gasteiger partial charge in [-0.25, -0.2) is 9.59 Å². The Morgan fingerprint density at radius 3 is 2.42 bits per heavy atom. The summed E-state index contributed by atoms with van der Waals surface area (Å²) in [6.45, 7) is 1.80. The molecule has 8 heteroatoms. The third kappa shape index (κ3) is 3.32. The smallest absolute Gasteiger partial charge is 0.355 e. The van der Waals surface area contributed by atoms with Gasteiger partial charge in [0.1, 0.15) is 18.2 Å². The lowest BCUT2D eigenvalue weighted by Gasteiger charge is -2.32. The van der Waals surface area contributed by atoms with Gasteiger partial charge in [0.15, 0.2) is 0 Å². The van der Waals surface area contributed by atoms with Crippen LogP contribution in [0.25, 0.3) is 0 Å². The van der Waals surface area contributed by atoms with Gasteiger partial charge in [0.2, 0.25) is 0 Å². The van der Waals surface area contributed by atoms with Crippen LogP contribution in [0.3, 0.4) is 0 Å². The first-order chi connectivity index (χ1) is 11.4. The number of ether oxygens (including phenoxy) is 4. The highest BCUT2D eigenvalue weighted by Gasteiger charge is 2.33. The van der Waals surface area contributed by atoms with Crippen LogP contribution in [0, 0.1) is 6.92 Å². The van der Waals surface area contributed by atoms with E-state index in [2.05, 4.69) is 0 Å². The fourth-order valence-corrected chi connectivity index (χ4v) is 2.51. The molecule has 0 amide bonds. The number of carbonyl (C=O) groups is 2. The fraction of sp³-hybridized carbons (Fsp3) is 0.375. The van der Waals surface area contributed by atoms with Crippen molar-refractivity contribution in [3.63, 3.8) is 0 Å². The standard InChI is InChI=1S/C16H18ClNO6/c1-9-5-13(21-2)12(6-11(9)17)18-8-24-7-10(15(19)22-3)14(18)16(20)23-4/h5-6H,7-8H2,1-4H3. The maximum atomic E-state index is 12.3. The van der Waals surface area contributed by atoms with Crippen molar-refractivity contribution in [1.82, 2.24) is 0 Å². The molecule has 1 heterocycles. The molecule has 0 aliphatic carbocycles. The number of hydrogen-bond donors (Lipinski definition) is 0. The largest absolute Gasteiger partial charge is 0.495 e. The Balaban J connectivity index is 2.65. The lowest BCUT2D eigenvalue weighted by Crippen LogP contribution is -2.39. The molecule has 0 aromatic heterocycles. The molecule has 0 unspecified atom stereocenters. The van der Waals surface area contributed by atoms with Crippen LogP contribution in [0.5, 0.6) is 5.75 Å². The second kappa shape index (κ2) is 7.55. The van der Waals surface area contributed by atoms with E-state index in [4.69, 9.17) is 30.5 Å². The number of aryl methyl sites for hydroxylation is 1. The Bertz CT molecular complexity index is 700. The van der Waals surface area contributed by atoms with Crippen LogP contribution in [0.15, 0.2) is 23.4 Å². The minimum atomic E-state index is -0.683. The molecular weight excluding hydrogens is 338 g/mol. The maximum Gasteiger partial charge on any atom is 0.355 e. The van der Waals surface area contributed by atoms with Crippen LogP contribution >= 0.6 is 11.6 Å². The molecule has 7 nitrogen and oxygen atoms in total. The number of methoxy groups -OCH3 is 3. The lowest BCUT2D eigenvalue weighted by molar-refractivity contribution is -0.140. The first kappa shape index (κ1) is 18.1. The van der Waals surface area contributed by atoms with Crippen molar-refractivity contribution in [1.29, 1.82) is 0 Å². The predicted molar refractivity (Wildman–Crippen MR) is 87.1 cm³/mol. The molecule has 24 heavy (non-hydrogen) atoms. The van der Waals surface area contributed by atoms with Crippen molar-refractivity contribution in [3.05, 3.63) is 34.0 Å². The van der Waals surface area contributed by atoms with Crippen molar-refractivity contribution in [2.75, 3.05) is 39.6 Å².